The maximum absolute atomic E-state index is 5.34. The summed E-state index contributed by atoms with van der Waals surface area (Å²) in [5, 5.41) is 9.56. The van der Waals surface area contributed by atoms with Gasteiger partial charge in [-0.05, 0) is 13.8 Å². The number of aryl methyl sites for hydroxylation is 1. The van der Waals surface area contributed by atoms with Crippen molar-refractivity contribution in [1.29, 1.82) is 0 Å². The first kappa shape index (κ1) is 11.3. The predicted octanol–water partition coefficient (Wildman–Crippen LogP) is 0.914. The molecule has 2 heterocycles. The largest absolute Gasteiger partial charge is 0.478 e. The lowest BCUT2D eigenvalue weighted by atomic mass is 10.4. The molecular formula is C10H14N6O. The number of anilines is 1. The zero-order valence-electron chi connectivity index (χ0n) is 9.77. The molecule has 7 heteroatoms. The van der Waals surface area contributed by atoms with E-state index < -0.39 is 0 Å². The predicted molar refractivity (Wildman–Crippen MR) is 61.6 cm³/mol. The van der Waals surface area contributed by atoms with E-state index in [0.29, 0.717) is 25.0 Å². The zero-order chi connectivity index (χ0) is 12.1. The van der Waals surface area contributed by atoms with Crippen LogP contribution < -0.4 is 10.1 Å². The minimum absolute atomic E-state index is 0.495. The highest BCUT2D eigenvalue weighted by atomic mass is 16.5. The van der Waals surface area contributed by atoms with Crippen molar-refractivity contribution in [3.63, 3.8) is 0 Å². The summed E-state index contributed by atoms with van der Waals surface area (Å²) in [6.07, 6.45) is 1.46. The van der Waals surface area contributed by atoms with Crippen LogP contribution in [0.3, 0.4) is 0 Å². The van der Waals surface area contributed by atoms with Gasteiger partial charge in [0.15, 0.2) is 0 Å². The average Bonchev–Trinajstić information content (AvgIpc) is 2.79. The minimum atomic E-state index is 0.495. The van der Waals surface area contributed by atoms with Crippen molar-refractivity contribution < 1.29 is 4.74 Å². The van der Waals surface area contributed by atoms with E-state index in [1.54, 1.807) is 6.07 Å². The molecule has 90 valence electrons. The van der Waals surface area contributed by atoms with E-state index in [1.165, 1.54) is 6.33 Å². The Kier molecular flexibility index (Phi) is 3.49. The lowest BCUT2D eigenvalue weighted by Gasteiger charge is -2.07. The Bertz CT molecular complexity index is 470. The smallest absolute Gasteiger partial charge is 0.226 e. The minimum Gasteiger partial charge on any atom is -0.478 e. The molecule has 7 nitrogen and oxygen atoms in total. The van der Waals surface area contributed by atoms with Crippen LogP contribution in [0.5, 0.6) is 5.88 Å². The van der Waals surface area contributed by atoms with E-state index in [4.69, 9.17) is 4.74 Å². The fraction of sp³-hybridized carbons (Fsp3) is 0.400. The van der Waals surface area contributed by atoms with Crippen molar-refractivity contribution in [2.75, 3.05) is 11.9 Å². The van der Waals surface area contributed by atoms with Gasteiger partial charge in [-0.15, -0.1) is 0 Å². The van der Waals surface area contributed by atoms with Crippen molar-refractivity contribution >= 4 is 5.95 Å². The first-order valence-electron chi connectivity index (χ1n) is 5.34. The Balaban J connectivity index is 2.04. The lowest BCUT2D eigenvalue weighted by molar-refractivity contribution is 0.326. The van der Waals surface area contributed by atoms with Gasteiger partial charge in [-0.3, -0.25) is 5.10 Å². The van der Waals surface area contributed by atoms with Gasteiger partial charge in [0.05, 0.1) is 13.2 Å². The van der Waals surface area contributed by atoms with Crippen molar-refractivity contribution in [2.24, 2.45) is 0 Å². The fourth-order valence-corrected chi connectivity index (χ4v) is 1.32. The molecule has 0 radical (unpaired) electrons. The normalized spacial score (nSPS) is 10.2. The molecule has 0 aliphatic rings. The Morgan fingerprint density at radius 1 is 1.41 bits per heavy atom. The number of aromatic nitrogens is 5. The van der Waals surface area contributed by atoms with Crippen LogP contribution in [0.2, 0.25) is 0 Å². The number of H-pyrrole nitrogens is 1. The average molecular weight is 234 g/mol. The van der Waals surface area contributed by atoms with Gasteiger partial charge in [-0.1, -0.05) is 0 Å². The standard InChI is InChI=1S/C10H14N6O/c1-3-17-9-4-7(2)14-10(15-9)11-5-8-12-6-13-16-8/h4,6H,3,5H2,1-2H3,(H,11,14,15)(H,12,13,16). The summed E-state index contributed by atoms with van der Waals surface area (Å²) in [7, 11) is 0. The topological polar surface area (TPSA) is 88.6 Å². The molecule has 0 aliphatic carbocycles. The third-order valence-corrected chi connectivity index (χ3v) is 2.00. The molecule has 0 saturated carbocycles. The van der Waals surface area contributed by atoms with Crippen LogP contribution in [0.1, 0.15) is 18.4 Å². The first-order chi connectivity index (χ1) is 8.28. The van der Waals surface area contributed by atoms with Crippen LogP contribution in [-0.2, 0) is 6.54 Å². The summed E-state index contributed by atoms with van der Waals surface area (Å²) in [6, 6.07) is 1.79. The van der Waals surface area contributed by atoms with Gasteiger partial charge in [0.25, 0.3) is 0 Å². The second-order valence-corrected chi connectivity index (χ2v) is 3.39. The maximum atomic E-state index is 5.34. The molecule has 2 N–H and O–H groups in total. The summed E-state index contributed by atoms with van der Waals surface area (Å²) in [4.78, 5) is 12.5. The van der Waals surface area contributed by atoms with E-state index in [0.717, 1.165) is 11.5 Å². The molecule has 0 amide bonds. The Hall–Kier alpha value is -2.18. The number of aromatic amines is 1. The van der Waals surface area contributed by atoms with E-state index in [2.05, 4.69) is 30.5 Å². The third-order valence-electron chi connectivity index (χ3n) is 2.00. The number of hydrogen-bond donors (Lipinski definition) is 2. The summed E-state index contributed by atoms with van der Waals surface area (Å²) in [6.45, 7) is 4.88. The number of nitrogens with zero attached hydrogens (tertiary/aromatic N) is 4. The van der Waals surface area contributed by atoms with Crippen LogP contribution in [-0.4, -0.2) is 31.8 Å². The van der Waals surface area contributed by atoms with Gasteiger partial charge in [0.2, 0.25) is 11.8 Å². The summed E-state index contributed by atoms with van der Waals surface area (Å²) >= 11 is 0. The first-order valence-corrected chi connectivity index (χ1v) is 5.34. The highest BCUT2D eigenvalue weighted by molar-refractivity contribution is 5.30. The van der Waals surface area contributed by atoms with Crippen molar-refractivity contribution in [2.45, 2.75) is 20.4 Å². The number of rotatable bonds is 5. The molecule has 2 aromatic rings. The Morgan fingerprint density at radius 2 is 2.29 bits per heavy atom. The van der Waals surface area contributed by atoms with Crippen molar-refractivity contribution in [1.82, 2.24) is 25.1 Å². The molecule has 0 bridgehead atoms. The molecule has 0 fully saturated rings. The molecule has 0 saturated heterocycles. The Morgan fingerprint density at radius 3 is 3.00 bits per heavy atom. The lowest BCUT2D eigenvalue weighted by Crippen LogP contribution is -2.07. The molecule has 0 atom stereocenters. The van der Waals surface area contributed by atoms with Crippen LogP contribution in [0.4, 0.5) is 5.95 Å². The molecule has 2 aromatic heterocycles. The molecular weight excluding hydrogens is 220 g/mol. The van der Waals surface area contributed by atoms with E-state index in [1.807, 2.05) is 13.8 Å². The van der Waals surface area contributed by atoms with Crippen LogP contribution in [0.25, 0.3) is 0 Å². The monoisotopic (exact) mass is 234 g/mol. The van der Waals surface area contributed by atoms with E-state index in [9.17, 15) is 0 Å². The zero-order valence-corrected chi connectivity index (χ0v) is 9.77. The quantitative estimate of drug-likeness (QED) is 0.799. The highest BCUT2D eigenvalue weighted by Gasteiger charge is 2.03. The molecule has 0 unspecified atom stereocenters. The Labute approximate surface area is 98.7 Å². The van der Waals surface area contributed by atoms with Crippen LogP contribution in [0, 0.1) is 6.92 Å². The van der Waals surface area contributed by atoms with Gasteiger partial charge in [0.1, 0.15) is 12.2 Å². The summed E-state index contributed by atoms with van der Waals surface area (Å²) in [5.41, 5.74) is 0.850. The maximum Gasteiger partial charge on any atom is 0.226 e. The fourth-order valence-electron chi connectivity index (χ4n) is 1.32. The summed E-state index contributed by atoms with van der Waals surface area (Å²) < 4.78 is 5.34. The summed E-state index contributed by atoms with van der Waals surface area (Å²) in [5.74, 6) is 1.82. The van der Waals surface area contributed by atoms with Gasteiger partial charge >= 0.3 is 0 Å². The second-order valence-electron chi connectivity index (χ2n) is 3.39. The second kappa shape index (κ2) is 5.24. The number of nitrogens with one attached hydrogen (secondary N) is 2. The molecule has 0 spiro atoms. The number of ether oxygens (including phenoxy) is 1. The third kappa shape index (κ3) is 3.13. The van der Waals surface area contributed by atoms with Crippen molar-refractivity contribution in [3.8, 4) is 5.88 Å². The van der Waals surface area contributed by atoms with E-state index in [-0.39, 0.29) is 0 Å². The number of hydrogen-bond acceptors (Lipinski definition) is 6. The van der Waals surface area contributed by atoms with Gasteiger partial charge in [-0.2, -0.15) is 10.1 Å². The van der Waals surface area contributed by atoms with Crippen LogP contribution >= 0.6 is 0 Å². The highest BCUT2D eigenvalue weighted by Crippen LogP contribution is 2.12. The van der Waals surface area contributed by atoms with Crippen LogP contribution in [0.15, 0.2) is 12.4 Å². The van der Waals surface area contributed by atoms with E-state index >= 15 is 0 Å². The van der Waals surface area contributed by atoms with Crippen molar-refractivity contribution in [3.05, 3.63) is 23.9 Å². The molecule has 17 heavy (non-hydrogen) atoms. The van der Waals surface area contributed by atoms with Gasteiger partial charge in [-0.25, -0.2) is 9.97 Å². The molecule has 0 aliphatic heterocycles. The van der Waals surface area contributed by atoms with Gasteiger partial charge in [0, 0.05) is 11.8 Å². The molecule has 0 aromatic carbocycles. The van der Waals surface area contributed by atoms with Gasteiger partial charge < -0.3 is 10.1 Å². The molecule has 2 rings (SSSR count). The SMILES string of the molecule is CCOc1cc(C)nc(NCc2ncn[nH]2)n1.